The van der Waals surface area contributed by atoms with Gasteiger partial charge in [0.15, 0.2) is 17.7 Å². The van der Waals surface area contributed by atoms with Crippen LogP contribution in [-0.2, 0) is 25.5 Å². The van der Waals surface area contributed by atoms with Gasteiger partial charge in [-0.15, -0.1) is 0 Å². The van der Waals surface area contributed by atoms with Crippen LogP contribution in [0.15, 0.2) is 36.7 Å². The van der Waals surface area contributed by atoms with E-state index in [1.165, 1.54) is 10.9 Å². The number of ether oxygens (including phenoxy) is 2. The third-order valence-corrected chi connectivity index (χ3v) is 6.08. The van der Waals surface area contributed by atoms with Crippen molar-refractivity contribution in [1.29, 1.82) is 0 Å². The monoisotopic (exact) mass is 491 g/mol. The van der Waals surface area contributed by atoms with Crippen LogP contribution in [0.5, 0.6) is 0 Å². The second-order valence-electron chi connectivity index (χ2n) is 8.03. The highest BCUT2D eigenvalue weighted by Crippen LogP contribution is 2.36. The molecule has 1 aliphatic heterocycles. The minimum atomic E-state index is -2.54. The minimum absolute atomic E-state index is 0.0581. The average Bonchev–Trinajstić information content (AvgIpc) is 3.33. The standard InChI is InChI=1S/C21H22ClN5O7/c1-10-12(8-33-21(18(29)30,19(31)32)7-11-5-3-2-4-6-11)34-17(14(10)28)27-9-24-13-15(23)25-20(22)26-16(13)27/h2-6,9-10,12,14,17,28H,7-8H2,1H3,(H,29,30)(H,31,32)(H2,23,25,26)/t10-,12-,14-,17-/m1/s1. The predicted molar refractivity (Wildman–Crippen MR) is 118 cm³/mol. The van der Waals surface area contributed by atoms with Crippen LogP contribution >= 0.6 is 11.6 Å². The molecule has 3 heterocycles. The van der Waals surface area contributed by atoms with Crippen molar-refractivity contribution in [3.05, 3.63) is 47.5 Å². The molecular weight excluding hydrogens is 470 g/mol. The molecule has 0 unspecified atom stereocenters. The Labute approximate surface area is 197 Å². The predicted octanol–water partition coefficient (Wildman–Crippen LogP) is 1.12. The number of rotatable bonds is 8. The van der Waals surface area contributed by atoms with Gasteiger partial charge in [-0.25, -0.2) is 14.6 Å². The highest BCUT2D eigenvalue weighted by Gasteiger charge is 2.51. The Morgan fingerprint density at radius 1 is 1.24 bits per heavy atom. The summed E-state index contributed by atoms with van der Waals surface area (Å²) in [5, 5.41) is 30.2. The zero-order valence-electron chi connectivity index (χ0n) is 17.9. The molecular formula is C21H22ClN5O7. The lowest BCUT2D eigenvalue weighted by Gasteiger charge is -2.27. The maximum Gasteiger partial charge on any atom is 0.348 e. The molecule has 4 atom stereocenters. The number of nitrogen functional groups attached to an aromatic ring is 1. The SMILES string of the molecule is C[C@H]1[C@@H](O)[C@H](n2cnc3c(N)nc(Cl)nc32)O[C@@H]1COC(Cc1ccccc1)(C(=O)O)C(=O)O. The van der Waals surface area contributed by atoms with Crippen molar-refractivity contribution in [3.8, 4) is 0 Å². The lowest BCUT2D eigenvalue weighted by atomic mass is 9.94. The zero-order valence-corrected chi connectivity index (χ0v) is 18.7. The van der Waals surface area contributed by atoms with E-state index >= 15 is 0 Å². The van der Waals surface area contributed by atoms with Crippen LogP contribution in [-0.4, -0.2) is 71.2 Å². The molecule has 2 aromatic heterocycles. The number of hydrogen-bond acceptors (Lipinski definition) is 9. The first-order valence-corrected chi connectivity index (χ1v) is 10.7. The van der Waals surface area contributed by atoms with Crippen LogP contribution in [0.2, 0.25) is 5.28 Å². The fourth-order valence-corrected chi connectivity index (χ4v) is 4.08. The second kappa shape index (κ2) is 9.14. The van der Waals surface area contributed by atoms with Crippen molar-refractivity contribution in [2.45, 2.75) is 37.4 Å². The van der Waals surface area contributed by atoms with E-state index in [-0.39, 0.29) is 22.3 Å². The number of aliphatic hydroxyl groups excluding tert-OH is 1. The first kappa shape index (κ1) is 23.8. The summed E-state index contributed by atoms with van der Waals surface area (Å²) in [6.07, 6.45) is -1.91. The van der Waals surface area contributed by atoms with Crippen molar-refractivity contribution >= 4 is 40.5 Å². The van der Waals surface area contributed by atoms with Crippen LogP contribution in [0.25, 0.3) is 11.2 Å². The number of aromatic nitrogens is 4. The van der Waals surface area contributed by atoms with Gasteiger partial charge in [0.1, 0.15) is 11.6 Å². The Bertz CT molecular complexity index is 1210. The molecule has 34 heavy (non-hydrogen) atoms. The number of carbonyl (C=O) groups is 2. The number of halogens is 1. The van der Waals surface area contributed by atoms with Gasteiger partial charge >= 0.3 is 11.9 Å². The molecule has 5 N–H and O–H groups in total. The number of nitrogens with zero attached hydrogens (tertiary/aromatic N) is 4. The van der Waals surface area contributed by atoms with Crippen LogP contribution in [0.3, 0.4) is 0 Å². The van der Waals surface area contributed by atoms with Crippen molar-refractivity contribution in [1.82, 2.24) is 19.5 Å². The summed E-state index contributed by atoms with van der Waals surface area (Å²) in [5.74, 6) is -3.78. The summed E-state index contributed by atoms with van der Waals surface area (Å²) in [6.45, 7) is 1.28. The zero-order chi connectivity index (χ0) is 24.6. The van der Waals surface area contributed by atoms with Gasteiger partial charge in [0, 0.05) is 12.3 Å². The van der Waals surface area contributed by atoms with Gasteiger partial charge < -0.3 is 30.5 Å². The topological polar surface area (TPSA) is 183 Å². The number of hydrogen-bond donors (Lipinski definition) is 4. The Balaban J connectivity index is 1.57. The van der Waals surface area contributed by atoms with Gasteiger partial charge in [-0.2, -0.15) is 9.97 Å². The molecule has 0 bridgehead atoms. The molecule has 0 radical (unpaired) electrons. The summed E-state index contributed by atoms with van der Waals surface area (Å²) in [7, 11) is 0. The summed E-state index contributed by atoms with van der Waals surface area (Å²) in [4.78, 5) is 36.1. The second-order valence-corrected chi connectivity index (χ2v) is 8.37. The molecule has 12 nitrogen and oxygen atoms in total. The fraction of sp³-hybridized carbons (Fsp3) is 0.381. The average molecular weight is 492 g/mol. The highest BCUT2D eigenvalue weighted by atomic mass is 35.5. The third-order valence-electron chi connectivity index (χ3n) is 5.91. The van der Waals surface area contributed by atoms with Crippen molar-refractivity contribution in [2.24, 2.45) is 5.92 Å². The number of anilines is 1. The molecule has 1 aliphatic rings. The first-order valence-electron chi connectivity index (χ1n) is 10.3. The van der Waals surface area contributed by atoms with Crippen LogP contribution in [0, 0.1) is 5.92 Å². The molecule has 13 heteroatoms. The van der Waals surface area contributed by atoms with E-state index in [4.69, 9.17) is 26.8 Å². The van der Waals surface area contributed by atoms with Gasteiger partial charge in [-0.05, 0) is 17.2 Å². The number of aliphatic hydroxyl groups is 1. The number of carboxylic acids is 2. The van der Waals surface area contributed by atoms with Crippen LogP contribution in [0.4, 0.5) is 5.82 Å². The van der Waals surface area contributed by atoms with E-state index < -0.39 is 54.9 Å². The molecule has 1 fully saturated rings. The van der Waals surface area contributed by atoms with E-state index in [9.17, 15) is 24.9 Å². The number of nitrogens with two attached hydrogens (primary N) is 1. The Hall–Kier alpha value is -3.32. The highest BCUT2D eigenvalue weighted by molar-refractivity contribution is 6.28. The molecule has 4 rings (SSSR count). The van der Waals surface area contributed by atoms with Crippen molar-refractivity contribution < 1.29 is 34.4 Å². The first-order chi connectivity index (χ1) is 16.1. The number of imidazole rings is 1. The number of carboxylic acid groups (broad SMARTS) is 2. The molecule has 0 spiro atoms. The van der Waals surface area contributed by atoms with E-state index in [1.54, 1.807) is 37.3 Å². The maximum absolute atomic E-state index is 12.0. The molecule has 0 amide bonds. The van der Waals surface area contributed by atoms with E-state index in [1.807, 2.05) is 0 Å². The Kier molecular flexibility index (Phi) is 6.41. The molecule has 180 valence electrons. The van der Waals surface area contributed by atoms with Gasteiger partial charge in [0.05, 0.1) is 19.0 Å². The van der Waals surface area contributed by atoms with E-state index in [2.05, 4.69) is 15.0 Å². The minimum Gasteiger partial charge on any atom is -0.479 e. The Morgan fingerprint density at radius 3 is 2.56 bits per heavy atom. The lowest BCUT2D eigenvalue weighted by Crippen LogP contribution is -2.52. The summed E-state index contributed by atoms with van der Waals surface area (Å²) >= 11 is 5.90. The van der Waals surface area contributed by atoms with Crippen molar-refractivity contribution in [3.63, 3.8) is 0 Å². The molecule has 0 saturated carbocycles. The van der Waals surface area contributed by atoms with Crippen molar-refractivity contribution in [2.75, 3.05) is 12.3 Å². The van der Waals surface area contributed by atoms with E-state index in [0.717, 1.165) is 0 Å². The van der Waals surface area contributed by atoms with Gasteiger partial charge in [-0.3, -0.25) is 4.57 Å². The summed E-state index contributed by atoms with van der Waals surface area (Å²) in [6, 6.07) is 8.30. The van der Waals surface area contributed by atoms with Gasteiger partial charge in [0.25, 0.3) is 5.60 Å². The number of fused-ring (bicyclic) bond motifs is 1. The number of benzene rings is 1. The third kappa shape index (κ3) is 4.16. The maximum atomic E-state index is 12.0. The molecule has 1 aromatic carbocycles. The molecule has 3 aromatic rings. The lowest BCUT2D eigenvalue weighted by molar-refractivity contribution is -0.189. The summed E-state index contributed by atoms with van der Waals surface area (Å²) < 4.78 is 12.9. The van der Waals surface area contributed by atoms with Gasteiger partial charge in [-0.1, -0.05) is 37.3 Å². The molecule has 0 aliphatic carbocycles. The quantitative estimate of drug-likeness (QED) is 0.261. The van der Waals surface area contributed by atoms with E-state index in [0.29, 0.717) is 5.56 Å². The largest absolute Gasteiger partial charge is 0.479 e. The normalized spacial score (nSPS) is 22.8. The number of aliphatic carboxylic acids is 2. The molecule has 1 saturated heterocycles. The Morgan fingerprint density at radius 2 is 1.91 bits per heavy atom. The van der Waals surface area contributed by atoms with Gasteiger partial charge in [0.2, 0.25) is 5.28 Å². The smallest absolute Gasteiger partial charge is 0.348 e. The van der Waals surface area contributed by atoms with Crippen LogP contribution < -0.4 is 5.73 Å². The fourth-order valence-electron chi connectivity index (χ4n) is 3.91. The summed E-state index contributed by atoms with van der Waals surface area (Å²) in [5.41, 5.74) is 4.28. The van der Waals surface area contributed by atoms with Crippen LogP contribution in [0.1, 0.15) is 18.7 Å².